The fourth-order valence-electron chi connectivity index (χ4n) is 4.72. The molecule has 4 atom stereocenters. The predicted molar refractivity (Wildman–Crippen MR) is 85.7 cm³/mol. The minimum atomic E-state index is -4.67. The van der Waals surface area contributed by atoms with Gasteiger partial charge in [0.25, 0.3) is 5.91 Å². The number of hydroxylamine groups is 1. The molecule has 0 N–H and O–H groups in total. The molecule has 1 aromatic carbocycles. The number of carbonyl (C=O) groups is 1. The van der Waals surface area contributed by atoms with Crippen molar-refractivity contribution in [2.75, 3.05) is 25.3 Å². The number of benzene rings is 1. The smallest absolute Gasteiger partial charge is 0.302 e. The molecule has 1 aliphatic carbocycles. The second-order valence-corrected chi connectivity index (χ2v) is 7.30. The van der Waals surface area contributed by atoms with Crippen LogP contribution in [0.25, 0.3) is 0 Å². The average molecular weight is 365 g/mol. The van der Waals surface area contributed by atoms with Gasteiger partial charge in [0.15, 0.2) is 0 Å². The summed E-state index contributed by atoms with van der Waals surface area (Å²) in [6.07, 6.45) is -2.70. The van der Waals surface area contributed by atoms with Crippen LogP contribution in [0.1, 0.15) is 24.0 Å². The summed E-state index contributed by atoms with van der Waals surface area (Å²) < 4.78 is 39.7. The number of nitrogens with zero attached hydrogens (tertiary/aromatic N) is 3. The van der Waals surface area contributed by atoms with E-state index in [9.17, 15) is 18.0 Å². The minimum absolute atomic E-state index is 0.0175. The molecule has 0 radical (unpaired) electrons. The van der Waals surface area contributed by atoms with Gasteiger partial charge in [0.05, 0.1) is 35.4 Å². The maximum absolute atomic E-state index is 13.2. The van der Waals surface area contributed by atoms with Crippen LogP contribution in [-0.4, -0.2) is 37.0 Å². The van der Waals surface area contributed by atoms with Crippen LogP contribution < -0.4 is 5.06 Å². The van der Waals surface area contributed by atoms with Crippen molar-refractivity contribution >= 4 is 11.6 Å². The fourth-order valence-corrected chi connectivity index (χ4v) is 4.72. The second-order valence-electron chi connectivity index (χ2n) is 7.30. The number of alkyl halides is 3. The zero-order valence-electron chi connectivity index (χ0n) is 14.2. The summed E-state index contributed by atoms with van der Waals surface area (Å²) in [5.41, 5.74) is -1.51. The lowest BCUT2D eigenvalue weighted by molar-refractivity contribution is -0.160. The van der Waals surface area contributed by atoms with E-state index in [4.69, 9.17) is 10.1 Å². The molecule has 2 bridgehead atoms. The standard InChI is InChI=1S/C18H18F3N3O2/c1-23-8-11-3-5-15(23)16-13(11)9-26-24(17(16)25)12-4-2-10(7-22)14(6-12)18(19,20)21/h2,4,6,11,13,15-16H,3,5,8-9H2,1H3/t11?,13-,15?,16-/m0/s1. The van der Waals surface area contributed by atoms with Gasteiger partial charge in [0.1, 0.15) is 0 Å². The molecule has 138 valence electrons. The molecule has 4 fully saturated rings. The van der Waals surface area contributed by atoms with Gasteiger partial charge in [-0.05, 0) is 44.0 Å². The van der Waals surface area contributed by atoms with E-state index in [1.165, 1.54) is 6.07 Å². The number of anilines is 1. The molecule has 4 aliphatic rings. The van der Waals surface area contributed by atoms with Gasteiger partial charge in [0.2, 0.25) is 0 Å². The number of halogens is 3. The average Bonchev–Trinajstić information content (AvgIpc) is 2.61. The lowest BCUT2D eigenvalue weighted by atomic mass is 9.64. The molecule has 2 unspecified atom stereocenters. The van der Waals surface area contributed by atoms with Gasteiger partial charge in [-0.15, -0.1) is 0 Å². The van der Waals surface area contributed by atoms with Crippen molar-refractivity contribution in [1.82, 2.24) is 4.90 Å². The maximum atomic E-state index is 13.2. The van der Waals surface area contributed by atoms with Gasteiger partial charge in [-0.1, -0.05) is 0 Å². The number of rotatable bonds is 1. The van der Waals surface area contributed by atoms with E-state index in [1.807, 2.05) is 7.05 Å². The first-order valence-corrected chi connectivity index (χ1v) is 8.59. The Bertz CT molecular complexity index is 787. The number of carbonyl (C=O) groups excluding carboxylic acids is 1. The van der Waals surface area contributed by atoms with Crippen LogP contribution in [-0.2, 0) is 15.8 Å². The summed E-state index contributed by atoms with van der Waals surface area (Å²) in [6.45, 7) is 1.25. The largest absolute Gasteiger partial charge is 0.417 e. The number of fused-ring (bicyclic) bond motifs is 2. The second kappa shape index (κ2) is 5.96. The van der Waals surface area contributed by atoms with Crippen molar-refractivity contribution in [3.8, 4) is 6.07 Å². The maximum Gasteiger partial charge on any atom is 0.417 e. The molecular weight excluding hydrogens is 347 g/mol. The van der Waals surface area contributed by atoms with Crippen LogP contribution >= 0.6 is 0 Å². The van der Waals surface area contributed by atoms with Gasteiger partial charge >= 0.3 is 6.18 Å². The highest BCUT2D eigenvalue weighted by molar-refractivity contribution is 5.94. The summed E-state index contributed by atoms with van der Waals surface area (Å²) in [6, 6.07) is 4.88. The molecule has 26 heavy (non-hydrogen) atoms. The zero-order chi connectivity index (χ0) is 18.6. The minimum Gasteiger partial charge on any atom is -0.302 e. The van der Waals surface area contributed by atoms with Gasteiger partial charge in [0, 0.05) is 18.5 Å². The van der Waals surface area contributed by atoms with Crippen LogP contribution in [0.15, 0.2) is 18.2 Å². The molecule has 1 aromatic rings. The molecule has 8 heteroatoms. The third-order valence-corrected chi connectivity index (χ3v) is 5.95. The normalized spacial score (nSPS) is 31.7. The Hall–Kier alpha value is -2.11. The van der Waals surface area contributed by atoms with E-state index in [2.05, 4.69) is 4.90 Å². The quantitative estimate of drug-likeness (QED) is 0.768. The van der Waals surface area contributed by atoms with E-state index >= 15 is 0 Å². The van der Waals surface area contributed by atoms with Crippen molar-refractivity contribution in [2.24, 2.45) is 17.8 Å². The van der Waals surface area contributed by atoms with Crippen LogP contribution in [0.5, 0.6) is 0 Å². The molecule has 1 saturated carbocycles. The van der Waals surface area contributed by atoms with Crippen molar-refractivity contribution in [1.29, 1.82) is 5.26 Å². The summed E-state index contributed by atoms with van der Waals surface area (Å²) in [4.78, 5) is 20.8. The molecule has 0 spiro atoms. The molecular formula is C18H18F3N3O2. The Balaban J connectivity index is 1.68. The van der Waals surface area contributed by atoms with Gasteiger partial charge < -0.3 is 4.90 Å². The van der Waals surface area contributed by atoms with Crippen molar-refractivity contribution in [2.45, 2.75) is 25.1 Å². The van der Waals surface area contributed by atoms with E-state index in [0.717, 1.165) is 36.6 Å². The third kappa shape index (κ3) is 2.58. The van der Waals surface area contributed by atoms with E-state index in [1.54, 1.807) is 6.07 Å². The van der Waals surface area contributed by atoms with Crippen LogP contribution in [0.2, 0.25) is 0 Å². The fraction of sp³-hybridized carbons (Fsp3) is 0.556. The third-order valence-electron chi connectivity index (χ3n) is 5.95. The van der Waals surface area contributed by atoms with Crippen molar-refractivity contribution in [3.63, 3.8) is 0 Å². The van der Waals surface area contributed by atoms with Gasteiger partial charge in [-0.2, -0.15) is 23.5 Å². The highest BCUT2D eigenvalue weighted by Gasteiger charge is 2.53. The Kier molecular flexibility index (Phi) is 3.97. The Morgan fingerprint density at radius 3 is 2.73 bits per heavy atom. The molecule has 5 nitrogen and oxygen atoms in total. The molecule has 3 saturated heterocycles. The van der Waals surface area contributed by atoms with E-state index < -0.39 is 17.3 Å². The van der Waals surface area contributed by atoms with Crippen molar-refractivity contribution < 1.29 is 22.8 Å². The SMILES string of the molecule is CN1CC2CCC1[C@H]1C(=O)N(c3ccc(C#N)c(C(F)(F)F)c3)OC[C@@H]21. The number of piperidine rings is 2. The molecule has 5 rings (SSSR count). The van der Waals surface area contributed by atoms with Crippen LogP contribution in [0, 0.1) is 29.1 Å². The van der Waals surface area contributed by atoms with Crippen LogP contribution in [0.4, 0.5) is 18.9 Å². The first kappa shape index (κ1) is 17.3. The number of hydrogen-bond donors (Lipinski definition) is 0. The monoisotopic (exact) mass is 365 g/mol. The first-order chi connectivity index (χ1) is 12.3. The summed E-state index contributed by atoms with van der Waals surface area (Å²) in [7, 11) is 1.99. The van der Waals surface area contributed by atoms with Crippen molar-refractivity contribution in [3.05, 3.63) is 29.3 Å². The number of hydrogen-bond acceptors (Lipinski definition) is 4. The molecule has 3 heterocycles. The van der Waals surface area contributed by atoms with Crippen LogP contribution in [0.3, 0.4) is 0 Å². The Morgan fingerprint density at radius 2 is 2.08 bits per heavy atom. The van der Waals surface area contributed by atoms with Gasteiger partial charge in [-0.25, -0.2) is 0 Å². The van der Waals surface area contributed by atoms with Gasteiger partial charge in [-0.3, -0.25) is 9.63 Å². The molecule has 1 amide bonds. The highest BCUT2D eigenvalue weighted by Crippen LogP contribution is 2.46. The topological polar surface area (TPSA) is 56.6 Å². The van der Waals surface area contributed by atoms with E-state index in [-0.39, 0.29) is 29.5 Å². The highest BCUT2D eigenvalue weighted by atomic mass is 19.4. The lowest BCUT2D eigenvalue weighted by Crippen LogP contribution is -2.64. The molecule has 0 aromatic heterocycles. The lowest BCUT2D eigenvalue weighted by Gasteiger charge is -2.55. The Morgan fingerprint density at radius 1 is 1.31 bits per heavy atom. The first-order valence-electron chi connectivity index (χ1n) is 8.59. The number of amides is 1. The summed E-state index contributed by atoms with van der Waals surface area (Å²) in [5, 5.41) is 9.91. The predicted octanol–water partition coefficient (Wildman–Crippen LogP) is 2.81. The zero-order valence-corrected chi connectivity index (χ0v) is 14.2. The number of nitriles is 1. The Labute approximate surface area is 148 Å². The summed E-state index contributed by atoms with van der Waals surface area (Å²) >= 11 is 0. The van der Waals surface area contributed by atoms with E-state index in [0.29, 0.717) is 12.5 Å². The summed E-state index contributed by atoms with van der Waals surface area (Å²) in [5.74, 6) is -0.0477. The molecule has 3 aliphatic heterocycles.